The predicted octanol–water partition coefficient (Wildman–Crippen LogP) is 2.93. The molecule has 1 N–H and O–H groups in total. The van der Waals surface area contributed by atoms with E-state index < -0.39 is 0 Å². The zero-order valence-corrected chi connectivity index (χ0v) is 9.62. The van der Waals surface area contributed by atoms with Crippen molar-refractivity contribution >= 4 is 0 Å². The van der Waals surface area contributed by atoms with Crippen LogP contribution in [-0.4, -0.2) is 11.2 Å². The Labute approximate surface area is 82.5 Å². The molecule has 78 valence electrons. The molecule has 1 aliphatic rings. The van der Waals surface area contributed by atoms with Crippen molar-refractivity contribution in [3.63, 3.8) is 0 Å². The molecule has 0 aromatic rings. The van der Waals surface area contributed by atoms with Gasteiger partial charge in [0.15, 0.2) is 0 Å². The van der Waals surface area contributed by atoms with Gasteiger partial charge in [-0.15, -0.1) is 0 Å². The number of aliphatic hydroxyl groups excluding tert-OH is 1. The van der Waals surface area contributed by atoms with Crippen LogP contribution in [0.4, 0.5) is 0 Å². The highest BCUT2D eigenvalue weighted by atomic mass is 16.3. The zero-order chi connectivity index (χ0) is 10.2. The summed E-state index contributed by atoms with van der Waals surface area (Å²) in [7, 11) is 0. The molecule has 0 aliphatic heterocycles. The van der Waals surface area contributed by atoms with Crippen LogP contribution < -0.4 is 0 Å². The van der Waals surface area contributed by atoms with Crippen molar-refractivity contribution < 1.29 is 5.11 Å². The fourth-order valence-electron chi connectivity index (χ4n) is 3.01. The lowest BCUT2D eigenvalue weighted by molar-refractivity contribution is -0.0470. The van der Waals surface area contributed by atoms with Crippen molar-refractivity contribution in [1.29, 1.82) is 0 Å². The van der Waals surface area contributed by atoms with Crippen LogP contribution in [0.2, 0.25) is 0 Å². The van der Waals surface area contributed by atoms with Gasteiger partial charge < -0.3 is 5.11 Å². The normalized spacial score (nSPS) is 46.8. The summed E-state index contributed by atoms with van der Waals surface area (Å²) in [6.07, 6.45) is 1.11. The minimum absolute atomic E-state index is 0.0776. The van der Waals surface area contributed by atoms with Gasteiger partial charge in [0.25, 0.3) is 0 Å². The highest BCUT2D eigenvalue weighted by molar-refractivity contribution is 4.88. The monoisotopic (exact) mass is 184 g/mol. The van der Waals surface area contributed by atoms with E-state index in [2.05, 4.69) is 34.6 Å². The quantitative estimate of drug-likeness (QED) is 0.664. The van der Waals surface area contributed by atoms with Gasteiger partial charge in [-0.3, -0.25) is 0 Å². The van der Waals surface area contributed by atoms with E-state index in [4.69, 9.17) is 0 Å². The highest BCUT2D eigenvalue weighted by Gasteiger charge is 2.39. The zero-order valence-electron chi connectivity index (χ0n) is 9.62. The van der Waals surface area contributed by atoms with Gasteiger partial charge in [-0.25, -0.2) is 0 Å². The third kappa shape index (κ3) is 2.07. The average molecular weight is 184 g/mol. The second-order valence-electron chi connectivity index (χ2n) is 5.36. The number of rotatable bonds is 1. The van der Waals surface area contributed by atoms with E-state index in [1.165, 1.54) is 6.42 Å². The SMILES string of the molecule is CC(C)C1C(C)C(C)CC(C)C1O. The number of hydrogen-bond acceptors (Lipinski definition) is 1. The standard InChI is InChI=1S/C12H24O/c1-7(2)11-10(5)8(3)6-9(4)12(11)13/h7-13H,6H2,1-5H3. The molecular formula is C12H24O. The van der Waals surface area contributed by atoms with Crippen LogP contribution in [0.15, 0.2) is 0 Å². The van der Waals surface area contributed by atoms with E-state index in [0.717, 1.165) is 5.92 Å². The Hall–Kier alpha value is -0.0400. The van der Waals surface area contributed by atoms with Crippen molar-refractivity contribution in [2.75, 3.05) is 0 Å². The fourth-order valence-corrected chi connectivity index (χ4v) is 3.01. The maximum absolute atomic E-state index is 10.1. The molecule has 1 saturated carbocycles. The van der Waals surface area contributed by atoms with E-state index in [9.17, 15) is 5.11 Å². The van der Waals surface area contributed by atoms with Crippen molar-refractivity contribution in [1.82, 2.24) is 0 Å². The Kier molecular flexibility index (Phi) is 3.39. The second-order valence-corrected chi connectivity index (χ2v) is 5.36. The maximum atomic E-state index is 10.1. The van der Waals surface area contributed by atoms with E-state index in [0.29, 0.717) is 23.7 Å². The summed E-state index contributed by atoms with van der Waals surface area (Å²) in [5.41, 5.74) is 0. The number of aliphatic hydroxyl groups is 1. The van der Waals surface area contributed by atoms with Crippen LogP contribution in [0.3, 0.4) is 0 Å². The lowest BCUT2D eigenvalue weighted by atomic mass is 9.64. The Morgan fingerprint density at radius 3 is 2.08 bits per heavy atom. The topological polar surface area (TPSA) is 20.2 Å². The summed E-state index contributed by atoms with van der Waals surface area (Å²) >= 11 is 0. The van der Waals surface area contributed by atoms with Gasteiger partial charge in [0, 0.05) is 0 Å². The van der Waals surface area contributed by atoms with Crippen LogP contribution in [-0.2, 0) is 0 Å². The summed E-state index contributed by atoms with van der Waals surface area (Å²) in [5, 5.41) is 10.1. The summed E-state index contributed by atoms with van der Waals surface area (Å²) < 4.78 is 0. The smallest absolute Gasteiger partial charge is 0.0599 e. The molecule has 1 heteroatoms. The van der Waals surface area contributed by atoms with Gasteiger partial charge in [-0.1, -0.05) is 34.6 Å². The molecule has 0 aromatic carbocycles. The average Bonchev–Trinajstić information content (AvgIpc) is 2.01. The van der Waals surface area contributed by atoms with Gasteiger partial charge in [0.1, 0.15) is 0 Å². The number of hydrogen-bond donors (Lipinski definition) is 1. The molecule has 1 rings (SSSR count). The maximum Gasteiger partial charge on any atom is 0.0599 e. The lowest BCUT2D eigenvalue weighted by Gasteiger charge is -2.43. The summed E-state index contributed by atoms with van der Waals surface area (Å²) in [5.74, 6) is 3.03. The summed E-state index contributed by atoms with van der Waals surface area (Å²) in [4.78, 5) is 0. The third-order valence-electron chi connectivity index (χ3n) is 4.00. The van der Waals surface area contributed by atoms with E-state index in [1.54, 1.807) is 0 Å². The highest BCUT2D eigenvalue weighted by Crippen LogP contribution is 2.41. The molecule has 0 aromatic heterocycles. The van der Waals surface area contributed by atoms with Crippen molar-refractivity contribution in [2.45, 2.75) is 47.1 Å². The fraction of sp³-hybridized carbons (Fsp3) is 1.00. The molecule has 0 spiro atoms. The molecule has 1 aliphatic carbocycles. The molecule has 0 saturated heterocycles. The summed E-state index contributed by atoms with van der Waals surface area (Å²) in [6, 6.07) is 0. The van der Waals surface area contributed by atoms with Crippen LogP contribution in [0.25, 0.3) is 0 Å². The first-order valence-corrected chi connectivity index (χ1v) is 5.63. The van der Waals surface area contributed by atoms with E-state index >= 15 is 0 Å². The first-order valence-electron chi connectivity index (χ1n) is 5.63. The molecule has 0 bridgehead atoms. The van der Waals surface area contributed by atoms with Crippen molar-refractivity contribution in [3.8, 4) is 0 Å². The Morgan fingerprint density at radius 2 is 1.62 bits per heavy atom. The molecule has 0 radical (unpaired) electrons. The molecular weight excluding hydrogens is 160 g/mol. The molecule has 0 amide bonds. The molecule has 5 unspecified atom stereocenters. The van der Waals surface area contributed by atoms with Crippen LogP contribution >= 0.6 is 0 Å². The van der Waals surface area contributed by atoms with E-state index in [-0.39, 0.29) is 6.10 Å². The van der Waals surface area contributed by atoms with Crippen LogP contribution in [0, 0.1) is 29.6 Å². The van der Waals surface area contributed by atoms with Crippen molar-refractivity contribution in [2.24, 2.45) is 29.6 Å². The van der Waals surface area contributed by atoms with Crippen LogP contribution in [0.1, 0.15) is 41.0 Å². The van der Waals surface area contributed by atoms with Crippen molar-refractivity contribution in [3.05, 3.63) is 0 Å². The second kappa shape index (κ2) is 4.00. The largest absolute Gasteiger partial charge is 0.393 e. The molecule has 1 fully saturated rings. The molecule has 5 atom stereocenters. The molecule has 13 heavy (non-hydrogen) atoms. The van der Waals surface area contributed by atoms with Gasteiger partial charge in [0.2, 0.25) is 0 Å². The lowest BCUT2D eigenvalue weighted by Crippen LogP contribution is -2.43. The van der Waals surface area contributed by atoms with Gasteiger partial charge in [0.05, 0.1) is 6.10 Å². The molecule has 1 nitrogen and oxygen atoms in total. The molecule has 0 heterocycles. The van der Waals surface area contributed by atoms with Crippen LogP contribution in [0.5, 0.6) is 0 Å². The van der Waals surface area contributed by atoms with Gasteiger partial charge in [-0.2, -0.15) is 0 Å². The Bertz CT molecular complexity index is 151. The predicted molar refractivity (Wildman–Crippen MR) is 56.4 cm³/mol. The van der Waals surface area contributed by atoms with Gasteiger partial charge >= 0.3 is 0 Å². The Morgan fingerprint density at radius 1 is 1.08 bits per heavy atom. The first-order chi connectivity index (χ1) is 5.95. The Balaban J connectivity index is 2.76. The van der Waals surface area contributed by atoms with E-state index in [1.807, 2.05) is 0 Å². The summed E-state index contributed by atoms with van der Waals surface area (Å²) in [6.45, 7) is 11.3. The van der Waals surface area contributed by atoms with Gasteiger partial charge in [-0.05, 0) is 36.0 Å². The minimum atomic E-state index is -0.0776. The third-order valence-corrected chi connectivity index (χ3v) is 4.00. The first kappa shape index (κ1) is 11.0. The minimum Gasteiger partial charge on any atom is -0.393 e.